The first-order valence-corrected chi connectivity index (χ1v) is 9.78. The normalized spacial score (nSPS) is 18.7. The SMILES string of the molecule is CC[C@]1(c2ccccc2)NC(=O)N(CC(=O)N(C)Cc2ccc(C)cc2C)C1=O. The second-order valence-electron chi connectivity index (χ2n) is 7.63. The van der Waals surface area contributed by atoms with E-state index in [4.69, 9.17) is 0 Å². The zero-order valence-electron chi connectivity index (χ0n) is 17.4. The monoisotopic (exact) mass is 393 g/mol. The highest BCUT2D eigenvalue weighted by atomic mass is 16.2. The molecule has 0 saturated carbocycles. The second-order valence-corrected chi connectivity index (χ2v) is 7.63. The predicted molar refractivity (Wildman–Crippen MR) is 111 cm³/mol. The Morgan fingerprint density at radius 3 is 2.41 bits per heavy atom. The molecule has 0 radical (unpaired) electrons. The van der Waals surface area contributed by atoms with Gasteiger partial charge in [-0.3, -0.25) is 14.5 Å². The van der Waals surface area contributed by atoms with Crippen LogP contribution in [0.5, 0.6) is 0 Å². The molecule has 6 nitrogen and oxygen atoms in total. The molecule has 1 heterocycles. The van der Waals surface area contributed by atoms with Crippen LogP contribution in [0.15, 0.2) is 48.5 Å². The summed E-state index contributed by atoms with van der Waals surface area (Å²) in [4.78, 5) is 41.0. The van der Waals surface area contributed by atoms with Crippen molar-refractivity contribution in [3.8, 4) is 0 Å². The van der Waals surface area contributed by atoms with Gasteiger partial charge in [0.25, 0.3) is 5.91 Å². The smallest absolute Gasteiger partial charge is 0.325 e. The number of rotatable bonds is 6. The lowest BCUT2D eigenvalue weighted by Gasteiger charge is -2.26. The quantitative estimate of drug-likeness (QED) is 0.767. The third-order valence-corrected chi connectivity index (χ3v) is 5.60. The topological polar surface area (TPSA) is 69.7 Å². The van der Waals surface area contributed by atoms with Gasteiger partial charge in [0.2, 0.25) is 5.91 Å². The fraction of sp³-hybridized carbons (Fsp3) is 0.348. The first-order valence-electron chi connectivity index (χ1n) is 9.78. The van der Waals surface area contributed by atoms with Crippen LogP contribution in [0.3, 0.4) is 0 Å². The number of amides is 4. The number of nitrogens with zero attached hydrogens (tertiary/aromatic N) is 2. The van der Waals surface area contributed by atoms with Crippen LogP contribution in [0.2, 0.25) is 0 Å². The van der Waals surface area contributed by atoms with E-state index in [-0.39, 0.29) is 18.4 Å². The summed E-state index contributed by atoms with van der Waals surface area (Å²) in [6.45, 7) is 6.03. The van der Waals surface area contributed by atoms with Gasteiger partial charge < -0.3 is 10.2 Å². The predicted octanol–water partition coefficient (Wildman–Crippen LogP) is 3.12. The minimum atomic E-state index is -1.12. The van der Waals surface area contributed by atoms with Gasteiger partial charge in [-0.25, -0.2) is 4.79 Å². The standard InChI is InChI=1S/C23H27N3O3/c1-5-23(19-9-7-6-8-10-19)21(28)26(22(29)24-23)15-20(27)25(4)14-18-12-11-16(2)13-17(18)3/h6-13H,5,14-15H2,1-4H3,(H,24,29)/t23-/m1/s1. The van der Waals surface area contributed by atoms with Crippen molar-refractivity contribution in [2.24, 2.45) is 0 Å². The number of carbonyl (C=O) groups is 3. The molecule has 2 aromatic carbocycles. The summed E-state index contributed by atoms with van der Waals surface area (Å²) in [5.74, 6) is -0.669. The number of hydrogen-bond donors (Lipinski definition) is 1. The fourth-order valence-electron chi connectivity index (χ4n) is 3.75. The van der Waals surface area contributed by atoms with Crippen LogP contribution in [0.4, 0.5) is 4.79 Å². The van der Waals surface area contributed by atoms with E-state index in [1.807, 2.05) is 63.2 Å². The van der Waals surface area contributed by atoms with Crippen LogP contribution in [0, 0.1) is 13.8 Å². The summed E-state index contributed by atoms with van der Waals surface area (Å²) >= 11 is 0. The maximum absolute atomic E-state index is 13.1. The number of urea groups is 1. The van der Waals surface area contributed by atoms with Crippen LogP contribution in [0.1, 0.15) is 35.6 Å². The van der Waals surface area contributed by atoms with E-state index in [2.05, 4.69) is 11.4 Å². The zero-order chi connectivity index (χ0) is 21.2. The molecule has 0 bridgehead atoms. The lowest BCUT2D eigenvalue weighted by Crippen LogP contribution is -2.45. The highest BCUT2D eigenvalue weighted by Crippen LogP contribution is 2.32. The maximum Gasteiger partial charge on any atom is 0.325 e. The molecule has 1 aliphatic heterocycles. The fourth-order valence-corrected chi connectivity index (χ4v) is 3.75. The molecule has 6 heteroatoms. The van der Waals surface area contributed by atoms with Crippen LogP contribution < -0.4 is 5.32 Å². The van der Waals surface area contributed by atoms with Crippen molar-refractivity contribution in [3.05, 3.63) is 70.8 Å². The summed E-state index contributed by atoms with van der Waals surface area (Å²) in [5.41, 5.74) is 2.91. The number of imide groups is 1. The molecule has 29 heavy (non-hydrogen) atoms. The van der Waals surface area contributed by atoms with Gasteiger partial charge in [-0.05, 0) is 37.0 Å². The molecule has 1 aliphatic rings. The molecular weight excluding hydrogens is 366 g/mol. The van der Waals surface area contributed by atoms with E-state index in [9.17, 15) is 14.4 Å². The zero-order valence-corrected chi connectivity index (χ0v) is 17.4. The average molecular weight is 393 g/mol. The van der Waals surface area contributed by atoms with E-state index < -0.39 is 11.6 Å². The summed E-state index contributed by atoms with van der Waals surface area (Å²) < 4.78 is 0. The molecule has 1 N–H and O–H groups in total. The van der Waals surface area contributed by atoms with Crippen molar-refractivity contribution in [3.63, 3.8) is 0 Å². The van der Waals surface area contributed by atoms with Crippen molar-refractivity contribution < 1.29 is 14.4 Å². The van der Waals surface area contributed by atoms with Crippen LogP contribution >= 0.6 is 0 Å². The molecule has 4 amide bonds. The van der Waals surface area contributed by atoms with Gasteiger partial charge in [0, 0.05) is 13.6 Å². The summed E-state index contributed by atoms with van der Waals surface area (Å²) in [7, 11) is 1.68. The lowest BCUT2D eigenvalue weighted by atomic mass is 9.87. The Morgan fingerprint density at radius 2 is 1.79 bits per heavy atom. The van der Waals surface area contributed by atoms with Gasteiger partial charge in [-0.15, -0.1) is 0 Å². The first kappa shape index (κ1) is 20.6. The molecule has 0 aliphatic carbocycles. The van der Waals surface area contributed by atoms with Crippen molar-refractivity contribution in [1.29, 1.82) is 0 Å². The van der Waals surface area contributed by atoms with Crippen molar-refractivity contribution in [1.82, 2.24) is 15.1 Å². The number of aryl methyl sites for hydroxylation is 2. The molecular formula is C23H27N3O3. The number of hydrogen-bond acceptors (Lipinski definition) is 3. The highest BCUT2D eigenvalue weighted by molar-refractivity contribution is 6.09. The average Bonchev–Trinajstić information content (AvgIpc) is 2.95. The van der Waals surface area contributed by atoms with Crippen LogP contribution in [-0.4, -0.2) is 41.2 Å². The maximum atomic E-state index is 13.1. The van der Waals surface area contributed by atoms with Gasteiger partial charge in [0.15, 0.2) is 0 Å². The van der Waals surface area contributed by atoms with Crippen molar-refractivity contribution in [2.45, 2.75) is 39.3 Å². The molecule has 0 spiro atoms. The third kappa shape index (κ3) is 3.88. The largest absolute Gasteiger partial charge is 0.340 e. The Balaban J connectivity index is 1.74. The first-order chi connectivity index (χ1) is 13.8. The van der Waals surface area contributed by atoms with E-state index in [1.54, 1.807) is 11.9 Å². The van der Waals surface area contributed by atoms with Gasteiger partial charge in [0.1, 0.15) is 12.1 Å². The Labute approximate surface area is 171 Å². The van der Waals surface area contributed by atoms with Gasteiger partial charge in [-0.1, -0.05) is 61.0 Å². The summed E-state index contributed by atoms with van der Waals surface area (Å²) in [6, 6.07) is 14.7. The molecule has 1 atom stereocenters. The van der Waals surface area contributed by atoms with Crippen molar-refractivity contribution >= 4 is 17.8 Å². The van der Waals surface area contributed by atoms with Gasteiger partial charge in [0.05, 0.1) is 0 Å². The van der Waals surface area contributed by atoms with Crippen molar-refractivity contribution in [2.75, 3.05) is 13.6 Å². The molecule has 1 fully saturated rings. The Hall–Kier alpha value is -3.15. The van der Waals surface area contributed by atoms with E-state index in [1.165, 1.54) is 0 Å². The number of carbonyl (C=O) groups excluding carboxylic acids is 3. The Bertz CT molecular complexity index is 942. The number of likely N-dealkylation sites (N-methyl/N-ethyl adjacent to an activating group) is 1. The summed E-state index contributed by atoms with van der Waals surface area (Å²) in [5, 5.41) is 2.81. The highest BCUT2D eigenvalue weighted by Gasteiger charge is 2.51. The minimum absolute atomic E-state index is 0.277. The number of nitrogens with one attached hydrogen (secondary N) is 1. The van der Waals surface area contributed by atoms with E-state index in [0.717, 1.165) is 27.2 Å². The minimum Gasteiger partial charge on any atom is -0.340 e. The van der Waals surface area contributed by atoms with Crippen LogP contribution in [0.25, 0.3) is 0 Å². The van der Waals surface area contributed by atoms with Gasteiger partial charge >= 0.3 is 6.03 Å². The molecule has 0 aromatic heterocycles. The van der Waals surface area contributed by atoms with E-state index in [0.29, 0.717) is 13.0 Å². The van der Waals surface area contributed by atoms with E-state index >= 15 is 0 Å². The molecule has 152 valence electrons. The summed E-state index contributed by atoms with van der Waals surface area (Å²) in [6.07, 6.45) is 0.407. The molecule has 3 rings (SSSR count). The third-order valence-electron chi connectivity index (χ3n) is 5.60. The van der Waals surface area contributed by atoms with Crippen LogP contribution in [-0.2, 0) is 21.7 Å². The Morgan fingerprint density at radius 1 is 1.10 bits per heavy atom. The second kappa shape index (κ2) is 8.07. The molecule has 0 unspecified atom stereocenters. The molecule has 1 saturated heterocycles. The lowest BCUT2D eigenvalue weighted by molar-refractivity contribution is -0.138. The Kier molecular flexibility index (Phi) is 5.73. The van der Waals surface area contributed by atoms with Gasteiger partial charge in [-0.2, -0.15) is 0 Å². The number of benzene rings is 2. The molecule has 2 aromatic rings.